The zero-order chi connectivity index (χ0) is 9.68. The molecule has 76 valence electrons. The molecule has 1 aliphatic heterocycles. The van der Waals surface area contributed by atoms with Gasteiger partial charge >= 0.3 is 0 Å². The zero-order valence-corrected chi connectivity index (χ0v) is 7.66. The maximum atomic E-state index is 12.0. The number of β-amino-alcohol motifs (C(OH)–C–C–N with tert-alkyl or cyclic N) is 1. The number of carbonyl (C=O) groups is 1. The van der Waals surface area contributed by atoms with Gasteiger partial charge in [-0.3, -0.25) is 4.90 Å². The third-order valence-electron chi connectivity index (χ3n) is 2.44. The number of alkyl halides is 1. The van der Waals surface area contributed by atoms with Crippen molar-refractivity contribution in [2.45, 2.75) is 31.4 Å². The number of aliphatic hydroxyl groups excluding tert-OH is 1. The lowest BCUT2D eigenvalue weighted by Gasteiger charge is -2.33. The van der Waals surface area contributed by atoms with Crippen molar-refractivity contribution in [3.63, 3.8) is 0 Å². The van der Waals surface area contributed by atoms with Crippen LogP contribution in [0.4, 0.5) is 4.39 Å². The molecule has 0 radical (unpaired) electrons. The molecular formula is C9H16FNO2. The molecule has 0 aromatic heterocycles. The normalized spacial score (nSPS) is 27.1. The average molecular weight is 189 g/mol. The molecular weight excluding hydrogens is 173 g/mol. The van der Waals surface area contributed by atoms with Crippen LogP contribution in [-0.2, 0) is 4.79 Å². The van der Waals surface area contributed by atoms with E-state index in [1.165, 1.54) is 0 Å². The molecule has 4 heteroatoms. The predicted molar refractivity (Wildman–Crippen MR) is 47.3 cm³/mol. The molecule has 0 aliphatic carbocycles. The summed E-state index contributed by atoms with van der Waals surface area (Å²) in [6.07, 6.45) is 2.86. The number of nitrogens with zero attached hydrogens (tertiary/aromatic N) is 1. The van der Waals surface area contributed by atoms with E-state index in [9.17, 15) is 9.18 Å². The molecule has 1 saturated heterocycles. The predicted octanol–water partition coefficient (Wildman–Crippen LogP) is 0.370. The van der Waals surface area contributed by atoms with Crippen molar-refractivity contribution in [3.05, 3.63) is 0 Å². The van der Waals surface area contributed by atoms with Gasteiger partial charge in [0.15, 0.2) is 0 Å². The van der Waals surface area contributed by atoms with Crippen LogP contribution < -0.4 is 0 Å². The zero-order valence-electron chi connectivity index (χ0n) is 7.66. The van der Waals surface area contributed by atoms with Gasteiger partial charge in [-0.1, -0.05) is 6.42 Å². The van der Waals surface area contributed by atoms with E-state index in [1.807, 2.05) is 4.90 Å². The van der Waals surface area contributed by atoms with Crippen LogP contribution in [0.25, 0.3) is 0 Å². The Morgan fingerprint density at radius 1 is 1.62 bits per heavy atom. The molecule has 0 saturated carbocycles. The minimum absolute atomic E-state index is 0.116. The summed E-state index contributed by atoms with van der Waals surface area (Å²) in [6, 6.07) is -0.116. The second-order valence-corrected chi connectivity index (χ2v) is 3.50. The van der Waals surface area contributed by atoms with Crippen molar-refractivity contribution in [2.75, 3.05) is 19.8 Å². The SMILES string of the molecule is O=CC1CCCCN1CC(O)CF. The first-order chi connectivity index (χ1) is 6.27. The summed E-state index contributed by atoms with van der Waals surface area (Å²) < 4.78 is 12.0. The summed E-state index contributed by atoms with van der Waals surface area (Å²) in [5.74, 6) is 0. The van der Waals surface area contributed by atoms with Gasteiger partial charge in [-0.15, -0.1) is 0 Å². The third kappa shape index (κ3) is 3.04. The van der Waals surface area contributed by atoms with E-state index in [2.05, 4.69) is 0 Å². The average Bonchev–Trinajstić information content (AvgIpc) is 2.18. The number of piperidine rings is 1. The molecule has 1 N–H and O–H groups in total. The van der Waals surface area contributed by atoms with Crippen LogP contribution in [0.15, 0.2) is 0 Å². The van der Waals surface area contributed by atoms with E-state index < -0.39 is 12.8 Å². The molecule has 1 aliphatic rings. The Morgan fingerprint density at radius 2 is 2.38 bits per heavy atom. The van der Waals surface area contributed by atoms with Crippen molar-refractivity contribution < 1.29 is 14.3 Å². The van der Waals surface area contributed by atoms with Gasteiger partial charge in [-0.25, -0.2) is 4.39 Å². The first-order valence-corrected chi connectivity index (χ1v) is 4.71. The molecule has 1 fully saturated rings. The molecule has 0 bridgehead atoms. The maximum Gasteiger partial charge on any atom is 0.137 e. The molecule has 0 spiro atoms. The second-order valence-electron chi connectivity index (χ2n) is 3.50. The van der Waals surface area contributed by atoms with Crippen molar-refractivity contribution in [1.29, 1.82) is 0 Å². The summed E-state index contributed by atoms with van der Waals surface area (Å²) in [6.45, 7) is 0.336. The summed E-state index contributed by atoms with van der Waals surface area (Å²) >= 11 is 0. The smallest absolute Gasteiger partial charge is 0.137 e. The van der Waals surface area contributed by atoms with Crippen LogP contribution >= 0.6 is 0 Å². The molecule has 1 heterocycles. The highest BCUT2D eigenvalue weighted by molar-refractivity contribution is 5.57. The topological polar surface area (TPSA) is 40.5 Å². The Kier molecular flexibility index (Phi) is 4.32. The molecule has 2 unspecified atom stereocenters. The first kappa shape index (κ1) is 10.6. The lowest BCUT2D eigenvalue weighted by molar-refractivity contribution is -0.114. The lowest BCUT2D eigenvalue weighted by Crippen LogP contribution is -2.45. The van der Waals surface area contributed by atoms with Crippen molar-refractivity contribution in [3.8, 4) is 0 Å². The van der Waals surface area contributed by atoms with E-state index in [0.717, 1.165) is 32.1 Å². The van der Waals surface area contributed by atoms with Gasteiger partial charge in [0.2, 0.25) is 0 Å². The van der Waals surface area contributed by atoms with Crippen LogP contribution in [0.3, 0.4) is 0 Å². The number of halogens is 1. The van der Waals surface area contributed by atoms with Crippen LogP contribution in [-0.4, -0.2) is 48.2 Å². The first-order valence-electron chi connectivity index (χ1n) is 4.71. The lowest BCUT2D eigenvalue weighted by atomic mass is 10.0. The highest BCUT2D eigenvalue weighted by atomic mass is 19.1. The second kappa shape index (κ2) is 5.29. The monoisotopic (exact) mass is 189 g/mol. The van der Waals surface area contributed by atoms with Gasteiger partial charge in [0.1, 0.15) is 13.0 Å². The Bertz CT molecular complexity index is 166. The molecule has 0 aromatic rings. The number of aliphatic hydroxyl groups is 1. The molecule has 2 atom stereocenters. The Morgan fingerprint density at radius 3 is 3.00 bits per heavy atom. The molecule has 0 aromatic carbocycles. The number of carbonyl (C=O) groups excluding carboxylic acids is 1. The van der Waals surface area contributed by atoms with Gasteiger partial charge in [0.05, 0.1) is 12.1 Å². The largest absolute Gasteiger partial charge is 0.389 e. The number of hydrogen-bond acceptors (Lipinski definition) is 3. The van der Waals surface area contributed by atoms with E-state index in [0.29, 0.717) is 0 Å². The van der Waals surface area contributed by atoms with E-state index in [1.54, 1.807) is 0 Å². The van der Waals surface area contributed by atoms with Crippen molar-refractivity contribution in [1.82, 2.24) is 4.90 Å². The summed E-state index contributed by atoms with van der Waals surface area (Å²) in [5, 5.41) is 9.09. The number of rotatable bonds is 4. The summed E-state index contributed by atoms with van der Waals surface area (Å²) in [7, 11) is 0. The van der Waals surface area contributed by atoms with Gasteiger partial charge in [0.25, 0.3) is 0 Å². The molecule has 13 heavy (non-hydrogen) atoms. The van der Waals surface area contributed by atoms with Gasteiger partial charge in [-0.2, -0.15) is 0 Å². The fourth-order valence-electron chi connectivity index (χ4n) is 1.72. The minimum Gasteiger partial charge on any atom is -0.389 e. The van der Waals surface area contributed by atoms with Crippen LogP contribution in [0, 0.1) is 0 Å². The number of likely N-dealkylation sites (tertiary alicyclic amines) is 1. The minimum atomic E-state index is -0.944. The van der Waals surface area contributed by atoms with E-state index >= 15 is 0 Å². The van der Waals surface area contributed by atoms with Crippen molar-refractivity contribution in [2.24, 2.45) is 0 Å². The third-order valence-corrected chi connectivity index (χ3v) is 2.44. The Labute approximate surface area is 77.5 Å². The van der Waals surface area contributed by atoms with Gasteiger partial charge in [-0.05, 0) is 19.4 Å². The highest BCUT2D eigenvalue weighted by Crippen LogP contribution is 2.15. The van der Waals surface area contributed by atoms with Gasteiger partial charge in [0, 0.05) is 6.54 Å². The fraction of sp³-hybridized carbons (Fsp3) is 0.889. The Hall–Kier alpha value is -0.480. The quantitative estimate of drug-likeness (QED) is 0.649. The van der Waals surface area contributed by atoms with Crippen LogP contribution in [0.2, 0.25) is 0 Å². The molecule has 0 amide bonds. The van der Waals surface area contributed by atoms with Crippen LogP contribution in [0.1, 0.15) is 19.3 Å². The van der Waals surface area contributed by atoms with Gasteiger partial charge < -0.3 is 9.90 Å². The Balaban J connectivity index is 2.40. The molecule has 1 rings (SSSR count). The maximum absolute atomic E-state index is 12.0. The molecule has 3 nitrogen and oxygen atoms in total. The summed E-state index contributed by atoms with van der Waals surface area (Å²) in [4.78, 5) is 12.5. The summed E-state index contributed by atoms with van der Waals surface area (Å²) in [5.41, 5.74) is 0. The standard InChI is InChI=1S/C9H16FNO2/c10-5-9(13)6-11-4-2-1-3-8(11)7-12/h7-9,13H,1-6H2. The van der Waals surface area contributed by atoms with E-state index in [-0.39, 0.29) is 12.6 Å². The van der Waals surface area contributed by atoms with Crippen LogP contribution in [0.5, 0.6) is 0 Å². The number of aldehydes is 1. The number of hydrogen-bond donors (Lipinski definition) is 1. The fourth-order valence-corrected chi connectivity index (χ4v) is 1.72. The van der Waals surface area contributed by atoms with E-state index in [4.69, 9.17) is 5.11 Å². The highest BCUT2D eigenvalue weighted by Gasteiger charge is 2.23. The van der Waals surface area contributed by atoms with Crippen molar-refractivity contribution >= 4 is 6.29 Å².